The van der Waals surface area contributed by atoms with Gasteiger partial charge in [-0.2, -0.15) is 0 Å². The monoisotopic (exact) mass is 182 g/mol. The second kappa shape index (κ2) is 2.47. The van der Waals surface area contributed by atoms with Crippen molar-refractivity contribution in [1.29, 1.82) is 0 Å². The van der Waals surface area contributed by atoms with Gasteiger partial charge < -0.3 is 0 Å². The van der Waals surface area contributed by atoms with Gasteiger partial charge in [0.15, 0.2) is 0 Å². The highest BCUT2D eigenvalue weighted by molar-refractivity contribution is 6.24. The van der Waals surface area contributed by atoms with Crippen LogP contribution in [0.15, 0.2) is 24.3 Å². The number of nitrogens with zero attached hydrogens (tertiary/aromatic N) is 1. The van der Waals surface area contributed by atoms with Crippen LogP contribution in [0.4, 0.5) is 0 Å². The number of halogens is 1. The van der Waals surface area contributed by atoms with Crippen LogP contribution in [-0.4, -0.2) is 10.9 Å². The van der Waals surface area contributed by atoms with Gasteiger partial charge in [-0.05, 0) is 6.07 Å². The Labute approximate surface area is 74.7 Å². The number of hydrazine groups is 1. The van der Waals surface area contributed by atoms with Gasteiger partial charge in [0.2, 0.25) is 0 Å². The zero-order chi connectivity index (χ0) is 8.72. The molecule has 0 aliphatic carbocycles. The Morgan fingerprint density at radius 2 is 2.08 bits per heavy atom. The third-order valence-electron chi connectivity index (χ3n) is 1.93. The average Bonchev–Trinajstić information content (AvgIpc) is 2.33. The fourth-order valence-corrected chi connectivity index (χ4v) is 1.57. The van der Waals surface area contributed by atoms with E-state index >= 15 is 0 Å². The standard InChI is InChI=1S/C8H7ClN2O/c9-7-5-3-1-2-4-6(5)8(12)11(7)10/h1-4,7H,10H2. The number of carbonyl (C=O) groups is 1. The van der Waals surface area contributed by atoms with E-state index in [2.05, 4.69) is 0 Å². The number of hydrogen-bond acceptors (Lipinski definition) is 2. The summed E-state index contributed by atoms with van der Waals surface area (Å²) in [5, 5.41) is 1.03. The Kier molecular flexibility index (Phi) is 1.56. The van der Waals surface area contributed by atoms with Crippen molar-refractivity contribution >= 4 is 17.5 Å². The van der Waals surface area contributed by atoms with Crippen LogP contribution in [0.2, 0.25) is 0 Å². The lowest BCUT2D eigenvalue weighted by molar-refractivity contribution is 0.0770. The minimum Gasteiger partial charge on any atom is -0.268 e. The lowest BCUT2D eigenvalue weighted by Gasteiger charge is -2.11. The topological polar surface area (TPSA) is 46.3 Å². The van der Waals surface area contributed by atoms with Gasteiger partial charge in [-0.1, -0.05) is 29.8 Å². The van der Waals surface area contributed by atoms with Gasteiger partial charge in [-0.3, -0.25) is 9.80 Å². The molecule has 4 heteroatoms. The SMILES string of the molecule is NN1C(=O)c2ccccc2C1Cl. The molecule has 1 aliphatic rings. The highest BCUT2D eigenvalue weighted by Gasteiger charge is 2.32. The maximum Gasteiger partial charge on any atom is 0.269 e. The first-order valence-electron chi connectivity index (χ1n) is 3.53. The van der Waals surface area contributed by atoms with Gasteiger partial charge >= 0.3 is 0 Å². The number of hydrogen-bond donors (Lipinski definition) is 1. The summed E-state index contributed by atoms with van der Waals surface area (Å²) in [5.74, 6) is 5.21. The summed E-state index contributed by atoms with van der Waals surface area (Å²) in [5.41, 5.74) is 0.861. The van der Waals surface area contributed by atoms with E-state index in [4.69, 9.17) is 17.4 Å². The van der Waals surface area contributed by atoms with Gasteiger partial charge in [-0.15, -0.1) is 0 Å². The number of rotatable bonds is 0. The highest BCUT2D eigenvalue weighted by atomic mass is 35.5. The normalized spacial score (nSPS) is 21.3. The second-order valence-corrected chi connectivity index (χ2v) is 3.05. The van der Waals surface area contributed by atoms with Crippen LogP contribution in [0.3, 0.4) is 0 Å². The molecule has 2 N–H and O–H groups in total. The number of fused-ring (bicyclic) bond motifs is 1. The van der Waals surface area contributed by atoms with Crippen molar-refractivity contribution in [3.8, 4) is 0 Å². The molecule has 1 aromatic rings. The summed E-state index contributed by atoms with van der Waals surface area (Å²) in [6, 6.07) is 7.15. The van der Waals surface area contributed by atoms with Crippen LogP contribution in [0.1, 0.15) is 21.4 Å². The first-order valence-corrected chi connectivity index (χ1v) is 3.96. The number of carbonyl (C=O) groups excluding carboxylic acids is 1. The van der Waals surface area contributed by atoms with E-state index in [-0.39, 0.29) is 5.91 Å². The van der Waals surface area contributed by atoms with Crippen LogP contribution in [0.25, 0.3) is 0 Å². The summed E-state index contributed by atoms with van der Waals surface area (Å²) < 4.78 is 0. The van der Waals surface area contributed by atoms with Crippen molar-refractivity contribution in [3.05, 3.63) is 35.4 Å². The minimum atomic E-state index is -0.520. The van der Waals surface area contributed by atoms with Crippen molar-refractivity contribution < 1.29 is 4.79 Å². The number of alkyl halides is 1. The molecule has 3 nitrogen and oxygen atoms in total. The summed E-state index contributed by atoms with van der Waals surface area (Å²) >= 11 is 5.87. The molecular weight excluding hydrogens is 176 g/mol. The number of amides is 1. The number of nitrogens with two attached hydrogens (primary N) is 1. The summed E-state index contributed by atoms with van der Waals surface area (Å²) in [6.07, 6.45) is 0. The summed E-state index contributed by atoms with van der Waals surface area (Å²) in [7, 11) is 0. The second-order valence-electron chi connectivity index (χ2n) is 2.64. The van der Waals surface area contributed by atoms with Crippen molar-refractivity contribution in [2.45, 2.75) is 5.50 Å². The fraction of sp³-hybridized carbons (Fsp3) is 0.125. The van der Waals surface area contributed by atoms with E-state index in [9.17, 15) is 4.79 Å². The quantitative estimate of drug-likeness (QED) is 0.284. The zero-order valence-electron chi connectivity index (χ0n) is 6.20. The van der Waals surface area contributed by atoms with Crippen LogP contribution < -0.4 is 5.84 Å². The van der Waals surface area contributed by atoms with Crippen molar-refractivity contribution in [1.82, 2.24) is 5.01 Å². The molecule has 1 amide bonds. The molecule has 1 atom stereocenters. The largest absolute Gasteiger partial charge is 0.269 e. The van der Waals surface area contributed by atoms with E-state index in [1.807, 2.05) is 6.07 Å². The van der Waals surface area contributed by atoms with Gasteiger partial charge in [-0.25, -0.2) is 5.84 Å². The van der Waals surface area contributed by atoms with E-state index in [0.717, 1.165) is 10.6 Å². The minimum absolute atomic E-state index is 0.217. The molecule has 1 heterocycles. The van der Waals surface area contributed by atoms with Crippen LogP contribution in [0.5, 0.6) is 0 Å². The highest BCUT2D eigenvalue weighted by Crippen LogP contribution is 2.33. The zero-order valence-corrected chi connectivity index (χ0v) is 6.95. The van der Waals surface area contributed by atoms with Crippen LogP contribution in [0, 0.1) is 0 Å². The maximum absolute atomic E-state index is 11.3. The van der Waals surface area contributed by atoms with Gasteiger partial charge in [0.1, 0.15) is 5.50 Å². The van der Waals surface area contributed by atoms with Crippen molar-refractivity contribution in [2.24, 2.45) is 5.84 Å². The summed E-state index contributed by atoms with van der Waals surface area (Å²) in [6.45, 7) is 0. The van der Waals surface area contributed by atoms with E-state index in [1.54, 1.807) is 18.2 Å². The Morgan fingerprint density at radius 1 is 1.42 bits per heavy atom. The predicted molar refractivity (Wildman–Crippen MR) is 45.4 cm³/mol. The first kappa shape index (κ1) is 7.58. The predicted octanol–water partition coefficient (Wildman–Crippen LogP) is 1.25. The number of benzene rings is 1. The van der Waals surface area contributed by atoms with E-state index in [0.29, 0.717) is 5.56 Å². The van der Waals surface area contributed by atoms with E-state index in [1.165, 1.54) is 0 Å². The van der Waals surface area contributed by atoms with Gasteiger partial charge in [0.05, 0.1) is 0 Å². The molecule has 2 rings (SSSR count). The molecule has 62 valence electrons. The molecule has 0 bridgehead atoms. The molecule has 0 radical (unpaired) electrons. The maximum atomic E-state index is 11.3. The fourth-order valence-electron chi connectivity index (χ4n) is 1.29. The lowest BCUT2D eigenvalue weighted by Crippen LogP contribution is -2.32. The molecule has 1 unspecified atom stereocenters. The van der Waals surface area contributed by atoms with E-state index < -0.39 is 5.50 Å². The van der Waals surface area contributed by atoms with Crippen molar-refractivity contribution in [3.63, 3.8) is 0 Å². The Balaban J connectivity index is 2.59. The Hall–Kier alpha value is -1.06. The molecule has 0 saturated heterocycles. The average molecular weight is 183 g/mol. The molecule has 0 aromatic heterocycles. The Bertz CT molecular complexity index is 340. The Morgan fingerprint density at radius 3 is 2.75 bits per heavy atom. The first-order chi connectivity index (χ1) is 5.72. The molecular formula is C8H7ClN2O. The van der Waals surface area contributed by atoms with Gasteiger partial charge in [0.25, 0.3) is 5.91 Å². The third kappa shape index (κ3) is 0.838. The smallest absolute Gasteiger partial charge is 0.268 e. The third-order valence-corrected chi connectivity index (χ3v) is 2.37. The molecule has 0 fully saturated rings. The van der Waals surface area contributed by atoms with Crippen LogP contribution >= 0.6 is 11.6 Å². The van der Waals surface area contributed by atoms with Crippen LogP contribution in [-0.2, 0) is 0 Å². The van der Waals surface area contributed by atoms with Gasteiger partial charge in [0, 0.05) is 11.1 Å². The molecule has 0 saturated carbocycles. The molecule has 1 aliphatic heterocycles. The molecule has 12 heavy (non-hydrogen) atoms. The van der Waals surface area contributed by atoms with Crippen molar-refractivity contribution in [2.75, 3.05) is 0 Å². The lowest BCUT2D eigenvalue weighted by atomic mass is 10.1. The summed E-state index contributed by atoms with van der Waals surface area (Å²) in [4.78, 5) is 11.3. The molecule has 0 spiro atoms. The molecule has 1 aromatic carbocycles.